The number of amides is 1. The lowest BCUT2D eigenvalue weighted by molar-refractivity contribution is -0.128. The van der Waals surface area contributed by atoms with Crippen molar-refractivity contribution in [2.75, 3.05) is 19.6 Å². The van der Waals surface area contributed by atoms with Crippen molar-refractivity contribution in [2.45, 2.75) is 52.4 Å². The zero-order valence-electron chi connectivity index (χ0n) is 15.7. The predicted molar refractivity (Wildman–Crippen MR) is 98.3 cm³/mol. The van der Waals surface area contributed by atoms with Crippen LogP contribution in [0.4, 0.5) is 0 Å². The van der Waals surface area contributed by atoms with Gasteiger partial charge in [-0.3, -0.25) is 19.1 Å². The average molecular weight is 356 g/mol. The Morgan fingerprint density at radius 2 is 2.15 bits per heavy atom. The summed E-state index contributed by atoms with van der Waals surface area (Å²) >= 11 is 0. The molecule has 140 valence electrons. The maximum atomic E-state index is 12.0. The van der Waals surface area contributed by atoms with Crippen LogP contribution in [-0.2, 0) is 24.4 Å². The van der Waals surface area contributed by atoms with E-state index in [1.807, 2.05) is 22.0 Å². The average Bonchev–Trinajstić information content (AvgIpc) is 3.30. The summed E-state index contributed by atoms with van der Waals surface area (Å²) in [6.07, 6.45) is 7.70. The molecule has 0 aromatic carbocycles. The molecule has 1 atom stereocenters. The van der Waals surface area contributed by atoms with Gasteiger partial charge in [-0.2, -0.15) is 10.2 Å². The molecule has 2 aromatic rings. The van der Waals surface area contributed by atoms with E-state index < -0.39 is 0 Å². The molecule has 1 fully saturated rings. The monoisotopic (exact) mass is 356 g/mol. The third-order valence-corrected chi connectivity index (χ3v) is 5.38. The van der Waals surface area contributed by atoms with Crippen LogP contribution in [0.5, 0.6) is 0 Å². The first kappa shape index (κ1) is 17.3. The van der Waals surface area contributed by atoms with Gasteiger partial charge < -0.3 is 4.90 Å². The van der Waals surface area contributed by atoms with Crippen molar-refractivity contribution in [3.8, 4) is 0 Å². The minimum absolute atomic E-state index is 0.305. The molecule has 0 saturated carbocycles. The predicted octanol–water partition coefficient (Wildman–Crippen LogP) is 1.91. The van der Waals surface area contributed by atoms with Gasteiger partial charge in [0.25, 0.3) is 0 Å². The molecule has 1 amide bonds. The van der Waals surface area contributed by atoms with Gasteiger partial charge in [-0.15, -0.1) is 0 Å². The van der Waals surface area contributed by atoms with Gasteiger partial charge in [-0.1, -0.05) is 0 Å². The van der Waals surface area contributed by atoms with Crippen LogP contribution < -0.4 is 0 Å². The van der Waals surface area contributed by atoms with E-state index >= 15 is 0 Å². The molecular weight excluding hydrogens is 328 g/mol. The molecule has 0 radical (unpaired) electrons. The lowest BCUT2D eigenvalue weighted by atomic mass is 10.1. The maximum Gasteiger partial charge on any atom is 0.222 e. The lowest BCUT2D eigenvalue weighted by Crippen LogP contribution is -2.37. The van der Waals surface area contributed by atoms with E-state index in [2.05, 4.69) is 45.9 Å². The molecule has 0 unspecified atom stereocenters. The number of rotatable bonds is 5. The Morgan fingerprint density at radius 1 is 1.27 bits per heavy atom. The Labute approximate surface area is 154 Å². The normalized spacial score (nSPS) is 21.4. The highest BCUT2D eigenvalue weighted by Gasteiger charge is 2.28. The third-order valence-electron chi connectivity index (χ3n) is 5.38. The van der Waals surface area contributed by atoms with Gasteiger partial charge in [0.2, 0.25) is 5.91 Å². The summed E-state index contributed by atoms with van der Waals surface area (Å²) < 4.78 is 4.13. The Kier molecular flexibility index (Phi) is 4.80. The van der Waals surface area contributed by atoms with Gasteiger partial charge in [-0.25, -0.2) is 0 Å². The number of nitrogens with zero attached hydrogens (tertiary/aromatic N) is 6. The van der Waals surface area contributed by atoms with Gasteiger partial charge in [0.1, 0.15) is 0 Å². The highest BCUT2D eigenvalue weighted by molar-refractivity contribution is 5.78. The molecule has 2 aliphatic heterocycles. The quantitative estimate of drug-likeness (QED) is 0.821. The Hall–Kier alpha value is -2.15. The second kappa shape index (κ2) is 7.23. The molecule has 7 heteroatoms. The van der Waals surface area contributed by atoms with Gasteiger partial charge in [0.05, 0.1) is 11.9 Å². The summed E-state index contributed by atoms with van der Waals surface area (Å²) in [6.45, 7) is 9.64. The number of hydrogen-bond donors (Lipinski definition) is 0. The van der Waals surface area contributed by atoms with Crippen molar-refractivity contribution in [1.82, 2.24) is 29.4 Å². The molecule has 0 spiro atoms. The van der Waals surface area contributed by atoms with Crippen LogP contribution in [0.15, 0.2) is 24.7 Å². The molecule has 0 aliphatic carbocycles. The van der Waals surface area contributed by atoms with Gasteiger partial charge in [0, 0.05) is 75.6 Å². The smallest absolute Gasteiger partial charge is 0.222 e. The van der Waals surface area contributed by atoms with Crippen molar-refractivity contribution in [2.24, 2.45) is 5.92 Å². The number of hydrogen-bond acceptors (Lipinski definition) is 4. The van der Waals surface area contributed by atoms with Crippen LogP contribution in [0.2, 0.25) is 0 Å². The number of carbonyl (C=O) groups excluding carboxylic acids is 1. The molecule has 7 nitrogen and oxygen atoms in total. The van der Waals surface area contributed by atoms with Crippen LogP contribution in [-0.4, -0.2) is 54.9 Å². The molecule has 2 aliphatic rings. The molecule has 26 heavy (non-hydrogen) atoms. The van der Waals surface area contributed by atoms with Crippen molar-refractivity contribution in [3.63, 3.8) is 0 Å². The summed E-state index contributed by atoms with van der Waals surface area (Å²) in [7, 11) is 0. The zero-order valence-corrected chi connectivity index (χ0v) is 15.7. The number of likely N-dealkylation sites (tertiary alicyclic amines) is 1. The van der Waals surface area contributed by atoms with Crippen molar-refractivity contribution in [3.05, 3.63) is 35.9 Å². The van der Waals surface area contributed by atoms with E-state index in [9.17, 15) is 4.79 Å². The summed E-state index contributed by atoms with van der Waals surface area (Å²) in [4.78, 5) is 16.5. The SMILES string of the molecule is CC(C)n1cc(CN2Cc3ccnn3C[C@@H](CN3CCCC3=O)C2)cn1. The second-order valence-corrected chi connectivity index (χ2v) is 7.91. The van der Waals surface area contributed by atoms with Crippen LogP contribution >= 0.6 is 0 Å². The van der Waals surface area contributed by atoms with E-state index in [-0.39, 0.29) is 0 Å². The molecule has 0 bridgehead atoms. The molecular formula is C19H28N6O. The largest absolute Gasteiger partial charge is 0.342 e. The Balaban J connectivity index is 1.49. The van der Waals surface area contributed by atoms with E-state index in [0.29, 0.717) is 24.3 Å². The van der Waals surface area contributed by atoms with Gasteiger partial charge in [0.15, 0.2) is 0 Å². The van der Waals surface area contributed by atoms with Crippen molar-refractivity contribution < 1.29 is 4.79 Å². The first-order valence-corrected chi connectivity index (χ1v) is 9.62. The number of aromatic nitrogens is 4. The lowest BCUT2D eigenvalue weighted by Gasteiger charge is -2.27. The van der Waals surface area contributed by atoms with Gasteiger partial charge >= 0.3 is 0 Å². The first-order chi connectivity index (χ1) is 12.6. The Morgan fingerprint density at radius 3 is 2.88 bits per heavy atom. The van der Waals surface area contributed by atoms with Crippen LogP contribution in [0, 0.1) is 5.92 Å². The van der Waals surface area contributed by atoms with Crippen LogP contribution in [0.25, 0.3) is 0 Å². The summed E-state index contributed by atoms with van der Waals surface area (Å²) in [6, 6.07) is 2.48. The van der Waals surface area contributed by atoms with E-state index in [4.69, 9.17) is 0 Å². The third kappa shape index (κ3) is 3.67. The van der Waals surface area contributed by atoms with Crippen molar-refractivity contribution >= 4 is 5.91 Å². The second-order valence-electron chi connectivity index (χ2n) is 7.91. The van der Waals surface area contributed by atoms with Gasteiger partial charge in [-0.05, 0) is 26.3 Å². The van der Waals surface area contributed by atoms with E-state index in [1.165, 1.54) is 11.3 Å². The highest BCUT2D eigenvalue weighted by Crippen LogP contribution is 2.21. The minimum atomic E-state index is 0.305. The standard InChI is InChI=1S/C19H28N6O/c1-15(2)24-12-16(8-21-24)9-22-10-17(11-23-7-3-4-19(23)26)13-25-18(14-22)5-6-20-25/h5-6,8,12,15,17H,3-4,7,9-11,13-14H2,1-2H3/t17-/m1/s1. The zero-order chi connectivity index (χ0) is 18.1. The number of carbonyl (C=O) groups is 1. The molecule has 4 heterocycles. The summed E-state index contributed by atoms with van der Waals surface area (Å²) in [5.74, 6) is 0.707. The molecule has 4 rings (SSSR count). The molecule has 1 saturated heterocycles. The minimum Gasteiger partial charge on any atom is -0.342 e. The summed E-state index contributed by atoms with van der Waals surface area (Å²) in [5, 5.41) is 8.97. The molecule has 0 N–H and O–H groups in total. The number of fused-ring (bicyclic) bond motifs is 1. The Bertz CT molecular complexity index is 764. The summed E-state index contributed by atoms with van der Waals surface area (Å²) in [5.41, 5.74) is 2.49. The van der Waals surface area contributed by atoms with E-state index in [1.54, 1.807) is 0 Å². The van der Waals surface area contributed by atoms with Crippen LogP contribution in [0.1, 0.15) is 44.0 Å². The van der Waals surface area contributed by atoms with Crippen LogP contribution in [0.3, 0.4) is 0 Å². The highest BCUT2D eigenvalue weighted by atomic mass is 16.2. The topological polar surface area (TPSA) is 59.2 Å². The fourth-order valence-corrected chi connectivity index (χ4v) is 4.06. The first-order valence-electron chi connectivity index (χ1n) is 9.62. The fourth-order valence-electron chi connectivity index (χ4n) is 4.06. The van der Waals surface area contributed by atoms with Crippen molar-refractivity contribution in [1.29, 1.82) is 0 Å². The fraction of sp³-hybridized carbons (Fsp3) is 0.632. The maximum absolute atomic E-state index is 12.0. The molecule has 2 aromatic heterocycles. The van der Waals surface area contributed by atoms with E-state index in [0.717, 1.165) is 45.7 Å².